The normalized spacial score (nSPS) is 10.6. The fraction of sp³-hybridized carbons (Fsp3) is 0.133. The molecule has 128 valence electrons. The van der Waals surface area contributed by atoms with E-state index in [0.717, 1.165) is 11.1 Å². The molecule has 10 heteroatoms. The zero-order valence-electron chi connectivity index (χ0n) is 12.8. The molecule has 0 unspecified atom stereocenters. The highest BCUT2D eigenvalue weighted by Gasteiger charge is 2.08. The third-order valence-electron chi connectivity index (χ3n) is 3.39. The molecule has 0 saturated carbocycles. The molecule has 25 heavy (non-hydrogen) atoms. The fourth-order valence-corrected chi connectivity index (χ4v) is 2.51. The molecule has 0 spiro atoms. The highest BCUT2D eigenvalue weighted by Crippen LogP contribution is 2.08. The maximum atomic E-state index is 10.9. The summed E-state index contributed by atoms with van der Waals surface area (Å²) in [5.41, 5.74) is 1.90. The number of hydrogen-bond donors (Lipinski definition) is 0. The van der Waals surface area contributed by atoms with Crippen molar-refractivity contribution in [1.29, 1.82) is 0 Å². The number of aromatic nitrogens is 4. The van der Waals surface area contributed by atoms with E-state index in [1.807, 2.05) is 0 Å². The van der Waals surface area contributed by atoms with Gasteiger partial charge in [0.15, 0.2) is 5.03 Å². The van der Waals surface area contributed by atoms with Crippen molar-refractivity contribution in [3.63, 3.8) is 0 Å². The lowest BCUT2D eigenvalue weighted by atomic mass is 10.3. The third kappa shape index (κ3) is 4.43. The number of pyridine rings is 2. The number of hydrogen-bond acceptors (Lipinski definition) is 4. The van der Waals surface area contributed by atoms with E-state index in [0.29, 0.717) is 23.4 Å². The molecule has 0 saturated heterocycles. The molecular formula is C15H12Cl2N6O2. The van der Waals surface area contributed by atoms with Crippen molar-refractivity contribution >= 4 is 23.2 Å². The van der Waals surface area contributed by atoms with Crippen molar-refractivity contribution in [2.45, 2.75) is 13.1 Å². The van der Waals surface area contributed by atoms with Crippen molar-refractivity contribution in [1.82, 2.24) is 19.1 Å². The smallest absolute Gasteiger partial charge is 0.282 e. The minimum atomic E-state index is -0.720. The van der Waals surface area contributed by atoms with Crippen molar-refractivity contribution < 1.29 is 5.03 Å². The maximum Gasteiger partial charge on any atom is 0.282 e. The molecule has 0 aromatic carbocycles. The molecule has 0 fully saturated rings. The minimum Gasteiger partial charge on any atom is -0.308 e. The highest BCUT2D eigenvalue weighted by molar-refractivity contribution is 6.29. The molecule has 3 heterocycles. The standard InChI is InChI=1S/C15H12Cl2N6O2/c16-13-3-1-11(7-18-13)9-21-5-6-22(15(21)20-23(24)25)10-12-2-4-14(17)19-8-12/h1-8H,9-10H2. The van der Waals surface area contributed by atoms with E-state index < -0.39 is 5.03 Å². The van der Waals surface area contributed by atoms with Gasteiger partial charge in [0.1, 0.15) is 15.4 Å². The summed E-state index contributed by atoms with van der Waals surface area (Å²) in [5, 5.41) is 14.5. The lowest BCUT2D eigenvalue weighted by molar-refractivity contribution is -0.491. The molecule has 0 aliphatic rings. The first-order valence-electron chi connectivity index (χ1n) is 7.17. The summed E-state index contributed by atoms with van der Waals surface area (Å²) < 4.78 is 3.33. The Morgan fingerprint density at radius 2 is 1.44 bits per heavy atom. The predicted molar refractivity (Wildman–Crippen MR) is 91.7 cm³/mol. The van der Waals surface area contributed by atoms with Gasteiger partial charge in [-0.3, -0.25) is 0 Å². The minimum absolute atomic E-state index is 0.204. The van der Waals surface area contributed by atoms with Crippen LogP contribution in [0.15, 0.2) is 54.2 Å². The molecule has 3 aromatic rings. The molecule has 0 N–H and O–H groups in total. The number of halogens is 2. The van der Waals surface area contributed by atoms with Crippen molar-refractivity contribution in [2.24, 2.45) is 5.10 Å². The molecule has 0 atom stereocenters. The monoisotopic (exact) mass is 378 g/mol. The van der Waals surface area contributed by atoms with E-state index in [2.05, 4.69) is 15.1 Å². The van der Waals surface area contributed by atoms with Gasteiger partial charge in [-0.15, -0.1) is 0 Å². The first-order valence-corrected chi connectivity index (χ1v) is 7.92. The van der Waals surface area contributed by atoms with Crippen LogP contribution in [0.1, 0.15) is 11.1 Å². The van der Waals surface area contributed by atoms with E-state index in [4.69, 9.17) is 23.2 Å². The Hall–Kier alpha value is -2.71. The van der Waals surface area contributed by atoms with Gasteiger partial charge in [0.2, 0.25) is 0 Å². The van der Waals surface area contributed by atoms with Gasteiger partial charge in [-0.2, -0.15) is 0 Å². The Kier molecular flexibility index (Phi) is 5.11. The summed E-state index contributed by atoms with van der Waals surface area (Å²) in [6.07, 6.45) is 6.68. The molecule has 0 aliphatic carbocycles. The Balaban J connectivity index is 1.94. The predicted octanol–water partition coefficient (Wildman–Crippen LogP) is 2.58. The summed E-state index contributed by atoms with van der Waals surface area (Å²) in [5.74, 6) is 0. The first kappa shape index (κ1) is 17.1. The lowest BCUT2D eigenvalue weighted by Crippen LogP contribution is -2.28. The molecule has 8 nitrogen and oxygen atoms in total. The number of nitrogens with zero attached hydrogens (tertiary/aromatic N) is 6. The van der Waals surface area contributed by atoms with Gasteiger partial charge in [0, 0.05) is 24.8 Å². The quantitative estimate of drug-likeness (QED) is 0.387. The number of nitro groups is 1. The molecule has 3 rings (SSSR count). The van der Waals surface area contributed by atoms with Crippen molar-refractivity contribution in [2.75, 3.05) is 0 Å². The third-order valence-corrected chi connectivity index (χ3v) is 3.84. The summed E-state index contributed by atoms with van der Waals surface area (Å²) in [6.45, 7) is 0.755. The van der Waals surface area contributed by atoms with Crippen LogP contribution in [-0.2, 0) is 13.1 Å². The van der Waals surface area contributed by atoms with E-state index in [1.165, 1.54) is 0 Å². The molecular weight excluding hydrogens is 367 g/mol. The fourth-order valence-electron chi connectivity index (χ4n) is 2.29. The largest absolute Gasteiger partial charge is 0.308 e. The molecule has 0 bridgehead atoms. The Morgan fingerprint density at radius 3 is 1.80 bits per heavy atom. The molecule has 0 amide bonds. The summed E-state index contributed by atoms with van der Waals surface area (Å²) in [4.78, 5) is 18.9. The van der Waals surface area contributed by atoms with E-state index in [-0.39, 0.29) is 5.62 Å². The zero-order valence-corrected chi connectivity index (χ0v) is 14.3. The van der Waals surface area contributed by atoms with Gasteiger partial charge in [-0.05, 0) is 23.3 Å². The van der Waals surface area contributed by atoms with Gasteiger partial charge < -0.3 is 9.13 Å². The van der Waals surface area contributed by atoms with Gasteiger partial charge in [0.05, 0.1) is 13.1 Å². The molecule has 3 aromatic heterocycles. The van der Waals surface area contributed by atoms with Crippen LogP contribution in [0.5, 0.6) is 0 Å². The number of imidazole rings is 1. The summed E-state index contributed by atoms with van der Waals surface area (Å²) in [7, 11) is 0. The molecule has 0 aliphatic heterocycles. The maximum absolute atomic E-state index is 10.9. The van der Waals surface area contributed by atoms with Crippen LogP contribution in [-0.4, -0.2) is 24.1 Å². The average Bonchev–Trinajstić information content (AvgIpc) is 2.93. The van der Waals surface area contributed by atoms with Crippen LogP contribution in [0.4, 0.5) is 0 Å². The second-order valence-corrected chi connectivity index (χ2v) is 5.94. The van der Waals surface area contributed by atoms with Crippen LogP contribution in [0.2, 0.25) is 10.3 Å². The van der Waals surface area contributed by atoms with E-state index in [1.54, 1.807) is 58.2 Å². The van der Waals surface area contributed by atoms with Gasteiger partial charge in [-0.1, -0.05) is 35.3 Å². The second-order valence-electron chi connectivity index (χ2n) is 5.17. The van der Waals surface area contributed by atoms with Gasteiger partial charge in [0.25, 0.3) is 5.62 Å². The lowest BCUT2D eigenvalue weighted by Gasteiger charge is -2.05. The Bertz CT molecular complexity index is 879. The summed E-state index contributed by atoms with van der Waals surface area (Å²) >= 11 is 11.6. The van der Waals surface area contributed by atoms with Crippen LogP contribution in [0.25, 0.3) is 0 Å². The molecule has 0 radical (unpaired) electrons. The summed E-state index contributed by atoms with van der Waals surface area (Å²) in [6, 6.07) is 6.94. The van der Waals surface area contributed by atoms with Crippen LogP contribution in [0.3, 0.4) is 0 Å². The first-order chi connectivity index (χ1) is 12.0. The van der Waals surface area contributed by atoms with Crippen LogP contribution < -0.4 is 5.62 Å². The van der Waals surface area contributed by atoms with Crippen LogP contribution >= 0.6 is 23.2 Å². The van der Waals surface area contributed by atoms with Gasteiger partial charge >= 0.3 is 0 Å². The van der Waals surface area contributed by atoms with Crippen LogP contribution in [0, 0.1) is 10.1 Å². The number of rotatable bonds is 5. The van der Waals surface area contributed by atoms with Gasteiger partial charge in [-0.25, -0.2) is 20.1 Å². The highest BCUT2D eigenvalue weighted by atomic mass is 35.5. The second kappa shape index (κ2) is 7.45. The Labute approximate surface area is 152 Å². The Morgan fingerprint density at radius 1 is 0.960 bits per heavy atom. The average molecular weight is 379 g/mol. The van der Waals surface area contributed by atoms with Crippen molar-refractivity contribution in [3.05, 3.63) is 86.2 Å². The zero-order chi connectivity index (χ0) is 17.8. The van der Waals surface area contributed by atoms with Crippen molar-refractivity contribution in [3.8, 4) is 0 Å². The van der Waals surface area contributed by atoms with E-state index in [9.17, 15) is 10.1 Å². The SMILES string of the molecule is O=[N+]([O-])N=c1n(Cc2ccc(Cl)nc2)ccn1Cc1ccc(Cl)nc1. The van der Waals surface area contributed by atoms with E-state index >= 15 is 0 Å². The topological polar surface area (TPSA) is 91.1 Å².